The van der Waals surface area contributed by atoms with Crippen LogP contribution in [0.2, 0.25) is 0 Å². The molecule has 2 aromatic rings. The quantitative estimate of drug-likeness (QED) is 0.545. The van der Waals surface area contributed by atoms with Crippen molar-refractivity contribution in [2.24, 2.45) is 16.3 Å². The molecule has 1 aliphatic rings. The third-order valence-electron chi connectivity index (χ3n) is 5.41. The lowest BCUT2D eigenvalue weighted by atomic mass is 9.85. The molecule has 0 unspecified atom stereocenters. The van der Waals surface area contributed by atoms with Crippen LogP contribution < -0.4 is 5.30 Å². The first-order valence-electron chi connectivity index (χ1n) is 10.2. The van der Waals surface area contributed by atoms with Gasteiger partial charge in [-0.05, 0) is 36.8 Å². The van der Waals surface area contributed by atoms with Crippen molar-refractivity contribution < 1.29 is 4.74 Å². The minimum Gasteiger partial charge on any atom is -0.478 e. The summed E-state index contributed by atoms with van der Waals surface area (Å²) in [6, 6.07) is 19.8. The summed E-state index contributed by atoms with van der Waals surface area (Å²) in [4.78, 5) is 4.97. The van der Waals surface area contributed by atoms with Crippen LogP contribution in [0.3, 0.4) is 0 Å². The lowest BCUT2D eigenvalue weighted by Crippen LogP contribution is -2.34. The predicted molar refractivity (Wildman–Crippen MR) is 123 cm³/mol. The van der Waals surface area contributed by atoms with Crippen molar-refractivity contribution in [3.05, 3.63) is 65.7 Å². The van der Waals surface area contributed by atoms with E-state index in [1.807, 2.05) is 0 Å². The summed E-state index contributed by atoms with van der Waals surface area (Å²) in [5, 5.41) is 2.70. The second-order valence-electron chi connectivity index (χ2n) is 8.72. The van der Waals surface area contributed by atoms with Crippen molar-refractivity contribution in [1.82, 2.24) is 0 Å². The highest BCUT2D eigenvalue weighted by atomic mass is 31.1. The Balaban J connectivity index is 2.13. The number of nitrogens with zero attached hydrogens (tertiary/aromatic N) is 1. The first kappa shape index (κ1) is 20.8. The van der Waals surface area contributed by atoms with E-state index in [9.17, 15) is 0 Å². The highest BCUT2D eigenvalue weighted by molar-refractivity contribution is 7.50. The average molecular weight is 394 g/mol. The molecule has 0 spiro atoms. The van der Waals surface area contributed by atoms with Gasteiger partial charge in [-0.1, -0.05) is 90.5 Å². The van der Waals surface area contributed by atoms with E-state index in [1.165, 1.54) is 29.9 Å². The van der Waals surface area contributed by atoms with Gasteiger partial charge in [-0.3, -0.25) is 0 Å². The minimum atomic E-state index is -0.267. The van der Waals surface area contributed by atoms with Gasteiger partial charge in [0, 0.05) is 10.6 Å². The van der Waals surface area contributed by atoms with Crippen molar-refractivity contribution in [3.63, 3.8) is 0 Å². The van der Waals surface area contributed by atoms with Crippen molar-refractivity contribution >= 4 is 24.7 Å². The molecule has 0 N–H and O–H groups in total. The van der Waals surface area contributed by atoms with Gasteiger partial charge < -0.3 is 4.74 Å². The van der Waals surface area contributed by atoms with E-state index in [1.54, 1.807) is 0 Å². The Labute approximate surface area is 171 Å². The molecule has 1 heterocycles. The summed E-state index contributed by atoms with van der Waals surface area (Å²) in [6.07, 6.45) is 0. The van der Waals surface area contributed by atoms with Crippen LogP contribution in [-0.2, 0) is 4.74 Å². The Morgan fingerprint density at radius 2 is 1.64 bits per heavy atom. The fourth-order valence-corrected chi connectivity index (χ4v) is 5.05. The molecule has 148 valence electrons. The molecule has 0 aliphatic carbocycles. The fourth-order valence-electron chi connectivity index (χ4n) is 3.53. The van der Waals surface area contributed by atoms with E-state index in [0.717, 1.165) is 5.90 Å². The van der Waals surface area contributed by atoms with Gasteiger partial charge in [0.2, 0.25) is 0 Å². The van der Waals surface area contributed by atoms with Crippen molar-refractivity contribution in [2.75, 3.05) is 6.61 Å². The maximum absolute atomic E-state index is 6.13. The molecular formula is C25H32NOP. The average Bonchev–Trinajstić information content (AvgIpc) is 3.18. The number of hydrogen-bond donors (Lipinski definition) is 0. The molecule has 1 aliphatic heterocycles. The summed E-state index contributed by atoms with van der Waals surface area (Å²) in [5.74, 6) is 1.86. The molecule has 0 saturated heterocycles. The zero-order valence-electron chi connectivity index (χ0n) is 17.9. The Morgan fingerprint density at radius 1 is 1.00 bits per heavy atom. The van der Waals surface area contributed by atoms with Crippen LogP contribution in [0.1, 0.15) is 58.6 Å². The molecule has 0 aromatic heterocycles. The molecule has 0 fully saturated rings. The number of ether oxygens (including phenoxy) is 1. The first-order valence-corrected chi connectivity index (χ1v) is 11.1. The van der Waals surface area contributed by atoms with Gasteiger partial charge in [0.25, 0.3) is 0 Å². The van der Waals surface area contributed by atoms with Crippen molar-refractivity contribution in [3.8, 4) is 0 Å². The van der Waals surface area contributed by atoms with Gasteiger partial charge >= 0.3 is 0 Å². The molecule has 3 rings (SSSR count). The van der Waals surface area contributed by atoms with Gasteiger partial charge in [-0.2, -0.15) is 0 Å². The number of aliphatic imine (C=N–C) groups is 1. The van der Waals surface area contributed by atoms with Crippen LogP contribution in [0.5, 0.6) is 0 Å². The normalized spacial score (nSPS) is 17.8. The molecule has 2 nitrogen and oxygen atoms in total. The zero-order chi connectivity index (χ0) is 20.3. The molecule has 0 saturated carbocycles. The monoisotopic (exact) mass is 393 g/mol. The summed E-state index contributed by atoms with van der Waals surface area (Å²) in [6.45, 7) is 14.2. The van der Waals surface area contributed by atoms with Crippen LogP contribution in [0, 0.1) is 11.3 Å². The molecule has 2 aromatic carbocycles. The third kappa shape index (κ3) is 4.39. The molecule has 0 radical (unpaired) electrons. The first-order chi connectivity index (χ1) is 13.3. The van der Waals surface area contributed by atoms with Crippen molar-refractivity contribution in [1.29, 1.82) is 0 Å². The topological polar surface area (TPSA) is 21.6 Å². The second kappa shape index (κ2) is 8.62. The third-order valence-corrected chi connectivity index (χ3v) is 7.10. The van der Waals surface area contributed by atoms with Gasteiger partial charge in [0.05, 0.1) is 11.5 Å². The lowest BCUT2D eigenvalue weighted by Gasteiger charge is -2.28. The highest BCUT2D eigenvalue weighted by Gasteiger charge is 2.37. The van der Waals surface area contributed by atoms with Crippen LogP contribution in [-0.4, -0.2) is 23.8 Å². The predicted octanol–water partition coefficient (Wildman–Crippen LogP) is 6.08. The second-order valence-corrected chi connectivity index (χ2v) is 9.87. The Kier molecular flexibility index (Phi) is 6.40. The largest absolute Gasteiger partial charge is 0.478 e. The number of benzene rings is 2. The maximum atomic E-state index is 6.13. The van der Waals surface area contributed by atoms with Crippen LogP contribution in [0.15, 0.2) is 59.6 Å². The van der Waals surface area contributed by atoms with Crippen LogP contribution in [0.25, 0.3) is 0 Å². The van der Waals surface area contributed by atoms with Crippen LogP contribution in [0.4, 0.5) is 0 Å². The van der Waals surface area contributed by atoms with E-state index in [2.05, 4.69) is 96.1 Å². The molecule has 0 amide bonds. The Morgan fingerprint density at radius 3 is 2.25 bits per heavy atom. The summed E-state index contributed by atoms with van der Waals surface area (Å²) >= 11 is 0. The maximum Gasteiger partial charge on any atom is 0.194 e. The van der Waals surface area contributed by atoms with Gasteiger partial charge in [0.15, 0.2) is 5.90 Å². The smallest absolute Gasteiger partial charge is 0.194 e. The van der Waals surface area contributed by atoms with Gasteiger partial charge in [-0.15, -0.1) is 0 Å². The summed E-state index contributed by atoms with van der Waals surface area (Å²) < 4.78 is 6.13. The minimum absolute atomic E-state index is 0.255. The molecule has 0 bridgehead atoms. The van der Waals surface area contributed by atoms with E-state index < -0.39 is 0 Å². The van der Waals surface area contributed by atoms with Gasteiger partial charge in [0.1, 0.15) is 6.61 Å². The van der Waals surface area contributed by atoms with E-state index in [-0.39, 0.29) is 11.5 Å². The fraction of sp³-hybridized carbons (Fsp3) is 0.440. The lowest BCUT2D eigenvalue weighted by molar-refractivity contribution is 0.274. The molecular weight excluding hydrogens is 361 g/mol. The SMILES string of the molecule is CC(C)c1ccccc1P=C(c1ccccc1)C(C)(C)C1=N[C@@H](C(C)C)CO1. The molecule has 1 atom stereocenters. The highest BCUT2D eigenvalue weighted by Crippen LogP contribution is 2.33. The van der Waals surface area contributed by atoms with Gasteiger partial charge in [-0.25, -0.2) is 4.99 Å². The standard InChI is InChI=1S/C25H32NOP/c1-17(2)20-14-10-11-15-22(20)28-23(19-12-8-7-9-13-19)25(5,6)24-26-21(16-27-24)18(3)4/h7-15,17-18,21H,16H2,1-6H3/t21-/m1/s1. The zero-order valence-corrected chi connectivity index (χ0v) is 18.8. The summed E-state index contributed by atoms with van der Waals surface area (Å²) in [7, 11) is 1.22. The van der Waals surface area contributed by atoms with Crippen LogP contribution >= 0.6 is 8.20 Å². The number of hydrogen-bond acceptors (Lipinski definition) is 2. The number of rotatable bonds is 6. The molecule has 3 heteroatoms. The van der Waals surface area contributed by atoms with E-state index >= 15 is 0 Å². The Hall–Kier alpha value is -1.92. The molecule has 28 heavy (non-hydrogen) atoms. The Bertz CT molecular complexity index is 865. The van der Waals surface area contributed by atoms with E-state index in [0.29, 0.717) is 18.4 Å². The van der Waals surface area contributed by atoms with E-state index in [4.69, 9.17) is 9.73 Å². The summed E-state index contributed by atoms with van der Waals surface area (Å²) in [5.41, 5.74) is 2.39. The van der Waals surface area contributed by atoms with Crippen molar-refractivity contribution in [2.45, 2.75) is 53.5 Å².